The van der Waals surface area contributed by atoms with E-state index in [2.05, 4.69) is 20.9 Å². The molecule has 0 spiro atoms. The summed E-state index contributed by atoms with van der Waals surface area (Å²) >= 11 is 3.36. The van der Waals surface area contributed by atoms with Crippen molar-refractivity contribution in [3.63, 3.8) is 0 Å². The lowest BCUT2D eigenvalue weighted by molar-refractivity contribution is 0.0960. The van der Waals surface area contributed by atoms with Crippen LogP contribution in [0.4, 0.5) is 0 Å². The number of fused-ring (bicyclic) bond motifs is 1. The van der Waals surface area contributed by atoms with Crippen LogP contribution in [-0.4, -0.2) is 21.4 Å². The standard InChI is InChI=1S/C11H12BrN3O/c1-6(13)11(16)10-4-8-9(15(10)2)3-7(12)5-14-8/h3-6H,13H2,1-2H3. The van der Waals surface area contributed by atoms with E-state index in [0.717, 1.165) is 15.5 Å². The molecule has 2 heterocycles. The molecule has 84 valence electrons. The number of aryl methyl sites for hydroxylation is 1. The second-order valence-electron chi connectivity index (χ2n) is 3.80. The number of rotatable bonds is 2. The molecule has 0 saturated carbocycles. The largest absolute Gasteiger partial charge is 0.340 e. The van der Waals surface area contributed by atoms with Gasteiger partial charge in [-0.3, -0.25) is 9.78 Å². The van der Waals surface area contributed by atoms with Crippen LogP contribution in [0.15, 0.2) is 22.8 Å². The van der Waals surface area contributed by atoms with Crippen LogP contribution in [0.2, 0.25) is 0 Å². The van der Waals surface area contributed by atoms with Gasteiger partial charge in [0, 0.05) is 17.7 Å². The first-order valence-electron chi connectivity index (χ1n) is 4.91. The third-order valence-corrected chi connectivity index (χ3v) is 2.96. The molecule has 0 aliphatic rings. The molecule has 2 aromatic heterocycles. The maximum absolute atomic E-state index is 11.8. The van der Waals surface area contributed by atoms with Gasteiger partial charge < -0.3 is 10.3 Å². The molecule has 2 aromatic rings. The molecule has 0 fully saturated rings. The highest BCUT2D eigenvalue weighted by Gasteiger charge is 2.17. The van der Waals surface area contributed by atoms with Gasteiger partial charge in [-0.05, 0) is 35.0 Å². The molecule has 4 nitrogen and oxygen atoms in total. The number of carbonyl (C=O) groups is 1. The van der Waals surface area contributed by atoms with E-state index in [4.69, 9.17) is 5.73 Å². The van der Waals surface area contributed by atoms with Crippen LogP contribution < -0.4 is 5.73 Å². The quantitative estimate of drug-likeness (QED) is 0.855. The van der Waals surface area contributed by atoms with Crippen molar-refractivity contribution in [2.75, 3.05) is 0 Å². The number of Topliss-reactive ketones (excluding diaryl/α,β-unsaturated/α-hetero) is 1. The van der Waals surface area contributed by atoms with E-state index in [-0.39, 0.29) is 5.78 Å². The first-order valence-corrected chi connectivity index (χ1v) is 5.71. The summed E-state index contributed by atoms with van der Waals surface area (Å²) in [6.07, 6.45) is 1.71. The molecule has 16 heavy (non-hydrogen) atoms. The second kappa shape index (κ2) is 3.99. The molecule has 1 unspecified atom stereocenters. The molecule has 0 aliphatic heterocycles. The minimum Gasteiger partial charge on any atom is -0.340 e. The normalized spacial score (nSPS) is 13.0. The predicted octanol–water partition coefficient (Wildman–Crippen LogP) is 1.87. The third-order valence-electron chi connectivity index (χ3n) is 2.53. The SMILES string of the molecule is CC(N)C(=O)c1cc2ncc(Br)cc2n1C. The van der Waals surface area contributed by atoms with Crippen LogP contribution in [0, 0.1) is 0 Å². The fraction of sp³-hybridized carbons (Fsp3) is 0.273. The smallest absolute Gasteiger partial charge is 0.195 e. The lowest BCUT2D eigenvalue weighted by Gasteiger charge is -2.05. The Morgan fingerprint density at radius 1 is 1.56 bits per heavy atom. The Labute approximate surface area is 102 Å². The second-order valence-corrected chi connectivity index (χ2v) is 4.72. The fourth-order valence-corrected chi connectivity index (χ4v) is 1.96. The molecule has 2 N–H and O–H groups in total. The summed E-state index contributed by atoms with van der Waals surface area (Å²) < 4.78 is 2.71. The number of hydrogen-bond donors (Lipinski definition) is 1. The molecule has 2 rings (SSSR count). The third kappa shape index (κ3) is 1.76. The van der Waals surface area contributed by atoms with Crippen molar-refractivity contribution in [2.45, 2.75) is 13.0 Å². The van der Waals surface area contributed by atoms with Gasteiger partial charge in [0.1, 0.15) is 0 Å². The summed E-state index contributed by atoms with van der Waals surface area (Å²) in [5, 5.41) is 0. The summed E-state index contributed by atoms with van der Waals surface area (Å²) in [4.78, 5) is 16.1. The molecule has 0 aromatic carbocycles. The van der Waals surface area contributed by atoms with E-state index < -0.39 is 6.04 Å². The summed E-state index contributed by atoms with van der Waals surface area (Å²) in [5.41, 5.74) is 7.90. The highest BCUT2D eigenvalue weighted by Crippen LogP contribution is 2.21. The maximum atomic E-state index is 11.8. The van der Waals surface area contributed by atoms with E-state index in [1.165, 1.54) is 0 Å². The minimum atomic E-state index is -0.494. The van der Waals surface area contributed by atoms with E-state index in [1.54, 1.807) is 19.2 Å². The molecule has 0 amide bonds. The predicted molar refractivity (Wildman–Crippen MR) is 66.4 cm³/mol. The van der Waals surface area contributed by atoms with Gasteiger partial charge in [-0.15, -0.1) is 0 Å². The van der Waals surface area contributed by atoms with Crippen LogP contribution in [0.25, 0.3) is 11.0 Å². The number of ketones is 1. The van der Waals surface area contributed by atoms with Crippen LogP contribution >= 0.6 is 15.9 Å². The van der Waals surface area contributed by atoms with E-state index >= 15 is 0 Å². The molecule has 0 aliphatic carbocycles. The van der Waals surface area contributed by atoms with E-state index in [9.17, 15) is 4.79 Å². The zero-order valence-corrected chi connectivity index (χ0v) is 10.7. The molecule has 0 saturated heterocycles. The summed E-state index contributed by atoms with van der Waals surface area (Å²) in [6, 6.07) is 3.21. The lowest BCUT2D eigenvalue weighted by atomic mass is 10.2. The lowest BCUT2D eigenvalue weighted by Crippen LogP contribution is -2.28. The van der Waals surface area contributed by atoms with Gasteiger partial charge in [-0.2, -0.15) is 0 Å². The van der Waals surface area contributed by atoms with Crippen LogP contribution in [0.1, 0.15) is 17.4 Å². The van der Waals surface area contributed by atoms with E-state index in [1.807, 2.05) is 17.7 Å². The van der Waals surface area contributed by atoms with Crippen molar-refractivity contribution >= 4 is 32.7 Å². The van der Waals surface area contributed by atoms with Gasteiger partial charge in [0.2, 0.25) is 0 Å². The molecule has 0 bridgehead atoms. The number of halogens is 1. The Bertz CT molecular complexity index is 560. The maximum Gasteiger partial charge on any atom is 0.195 e. The van der Waals surface area contributed by atoms with Crippen molar-refractivity contribution in [3.8, 4) is 0 Å². The van der Waals surface area contributed by atoms with Crippen molar-refractivity contribution in [2.24, 2.45) is 12.8 Å². The van der Waals surface area contributed by atoms with Crippen molar-refractivity contribution in [3.05, 3.63) is 28.5 Å². The number of nitrogens with zero attached hydrogens (tertiary/aromatic N) is 2. The summed E-state index contributed by atoms with van der Waals surface area (Å²) in [6.45, 7) is 1.68. The Balaban J connectivity index is 2.65. The van der Waals surface area contributed by atoms with Crippen LogP contribution in [0.5, 0.6) is 0 Å². The van der Waals surface area contributed by atoms with Gasteiger partial charge in [-0.1, -0.05) is 0 Å². The zero-order chi connectivity index (χ0) is 11.9. The van der Waals surface area contributed by atoms with Crippen LogP contribution in [0.3, 0.4) is 0 Å². The average molecular weight is 282 g/mol. The Morgan fingerprint density at radius 3 is 2.88 bits per heavy atom. The highest BCUT2D eigenvalue weighted by atomic mass is 79.9. The number of pyridine rings is 1. The molecular weight excluding hydrogens is 270 g/mol. The summed E-state index contributed by atoms with van der Waals surface area (Å²) in [7, 11) is 1.84. The number of carbonyl (C=O) groups excluding carboxylic acids is 1. The first-order chi connectivity index (χ1) is 7.50. The van der Waals surface area contributed by atoms with Crippen LogP contribution in [-0.2, 0) is 7.05 Å². The first kappa shape index (κ1) is 11.3. The van der Waals surface area contributed by atoms with Crippen molar-refractivity contribution < 1.29 is 4.79 Å². The number of hydrogen-bond acceptors (Lipinski definition) is 3. The molecular formula is C11H12BrN3O. The zero-order valence-electron chi connectivity index (χ0n) is 9.07. The average Bonchev–Trinajstić information content (AvgIpc) is 2.55. The van der Waals surface area contributed by atoms with Gasteiger partial charge in [0.15, 0.2) is 5.78 Å². The Morgan fingerprint density at radius 2 is 2.25 bits per heavy atom. The van der Waals surface area contributed by atoms with Crippen molar-refractivity contribution in [1.29, 1.82) is 0 Å². The van der Waals surface area contributed by atoms with Gasteiger partial charge in [0.05, 0.1) is 22.8 Å². The van der Waals surface area contributed by atoms with Gasteiger partial charge in [0.25, 0.3) is 0 Å². The Kier molecular flexibility index (Phi) is 2.82. The van der Waals surface area contributed by atoms with Gasteiger partial charge in [-0.25, -0.2) is 0 Å². The topological polar surface area (TPSA) is 60.9 Å². The number of aromatic nitrogens is 2. The monoisotopic (exact) mass is 281 g/mol. The minimum absolute atomic E-state index is 0.0726. The summed E-state index contributed by atoms with van der Waals surface area (Å²) in [5.74, 6) is -0.0726. The fourth-order valence-electron chi connectivity index (χ4n) is 1.64. The van der Waals surface area contributed by atoms with Gasteiger partial charge >= 0.3 is 0 Å². The molecule has 5 heteroatoms. The molecule has 1 atom stereocenters. The Hall–Kier alpha value is -1.20. The number of nitrogens with two attached hydrogens (primary N) is 1. The highest BCUT2D eigenvalue weighted by molar-refractivity contribution is 9.10. The molecule has 0 radical (unpaired) electrons. The van der Waals surface area contributed by atoms with E-state index in [0.29, 0.717) is 5.69 Å². The van der Waals surface area contributed by atoms with Crippen molar-refractivity contribution in [1.82, 2.24) is 9.55 Å².